The summed E-state index contributed by atoms with van der Waals surface area (Å²) < 4.78 is 28.6. The summed E-state index contributed by atoms with van der Waals surface area (Å²) in [5.74, 6) is -0.276. The molecule has 1 rings (SSSR count). The van der Waals surface area contributed by atoms with Crippen LogP contribution in [-0.2, 0) is 13.8 Å². The van der Waals surface area contributed by atoms with E-state index in [4.69, 9.17) is 15.4 Å². The van der Waals surface area contributed by atoms with Crippen LogP contribution in [0.5, 0.6) is 0 Å². The number of carbonyl (C=O) groups is 1. The van der Waals surface area contributed by atoms with Crippen LogP contribution in [0.3, 0.4) is 0 Å². The zero-order valence-electron chi connectivity index (χ0n) is 12.2. The van der Waals surface area contributed by atoms with E-state index in [2.05, 4.69) is 22.9 Å². The van der Waals surface area contributed by atoms with Gasteiger partial charge in [0.1, 0.15) is 0 Å². The summed E-state index contributed by atoms with van der Waals surface area (Å²) in [6, 6.07) is 2.80. The molecule has 0 amide bonds. The van der Waals surface area contributed by atoms with Gasteiger partial charge in [-0.15, -0.1) is 0 Å². The van der Waals surface area contributed by atoms with Gasteiger partial charge in [-0.2, -0.15) is 0 Å². The van der Waals surface area contributed by atoms with Crippen LogP contribution < -0.4 is 0 Å². The molecule has 0 radical (unpaired) electrons. The molecule has 1 atom stereocenters. The fourth-order valence-corrected chi connectivity index (χ4v) is 4.07. The van der Waals surface area contributed by atoms with Gasteiger partial charge in [-0.25, -0.2) is 13.2 Å². The van der Waals surface area contributed by atoms with Crippen LogP contribution in [0, 0.1) is 12.8 Å². The maximum absolute atomic E-state index is 12.0. The molecule has 0 saturated carbocycles. The van der Waals surface area contributed by atoms with Crippen molar-refractivity contribution in [3.63, 3.8) is 0 Å². The number of carbonyl (C=O) groups excluding carboxylic acids is 1. The maximum atomic E-state index is 12.0. The minimum absolute atomic E-state index is 0.127. The second-order valence-corrected chi connectivity index (χ2v) is 8.36. The summed E-state index contributed by atoms with van der Waals surface area (Å²) >= 11 is 3.17. The Morgan fingerprint density at radius 2 is 2.05 bits per heavy atom. The number of benzene rings is 1. The van der Waals surface area contributed by atoms with Gasteiger partial charge in [0.25, 0.3) is 9.05 Å². The topological polar surface area (TPSA) is 60.4 Å². The largest absolute Gasteiger partial charge is 0.462 e. The average Bonchev–Trinajstić information content (AvgIpc) is 2.38. The molecule has 0 fully saturated rings. The van der Waals surface area contributed by atoms with Crippen molar-refractivity contribution in [2.45, 2.75) is 38.5 Å². The molecule has 1 unspecified atom stereocenters. The minimum atomic E-state index is -3.93. The molecule has 0 spiro atoms. The molecule has 0 aromatic heterocycles. The minimum Gasteiger partial charge on any atom is -0.462 e. The maximum Gasteiger partial charge on any atom is 0.338 e. The third kappa shape index (κ3) is 5.27. The molecular formula is C14H18BrClO4S. The van der Waals surface area contributed by atoms with Gasteiger partial charge in [-0.05, 0) is 52.9 Å². The molecule has 1 aromatic rings. The Kier molecular flexibility index (Phi) is 6.69. The number of hydrogen-bond acceptors (Lipinski definition) is 4. The average molecular weight is 398 g/mol. The van der Waals surface area contributed by atoms with Crippen LogP contribution in [0.2, 0.25) is 0 Å². The monoisotopic (exact) mass is 396 g/mol. The normalized spacial score (nSPS) is 13.0. The van der Waals surface area contributed by atoms with E-state index in [-0.39, 0.29) is 16.4 Å². The third-order valence-corrected chi connectivity index (χ3v) is 5.66. The Morgan fingerprint density at radius 3 is 2.57 bits per heavy atom. The molecule has 4 nitrogen and oxygen atoms in total. The quantitative estimate of drug-likeness (QED) is 0.531. The Bertz CT molecular complexity index is 628. The van der Waals surface area contributed by atoms with Crippen molar-refractivity contribution in [2.75, 3.05) is 6.61 Å². The summed E-state index contributed by atoms with van der Waals surface area (Å²) in [7, 11) is 1.44. The molecule has 0 heterocycles. The first kappa shape index (κ1) is 18.5. The molecule has 0 N–H and O–H groups in total. The summed E-state index contributed by atoms with van der Waals surface area (Å²) in [6.07, 6.45) is 1.98. The van der Waals surface area contributed by atoms with Crippen molar-refractivity contribution in [3.05, 3.63) is 27.7 Å². The van der Waals surface area contributed by atoms with Crippen molar-refractivity contribution >= 4 is 41.6 Å². The lowest BCUT2D eigenvalue weighted by molar-refractivity contribution is 0.0443. The Morgan fingerprint density at radius 1 is 1.43 bits per heavy atom. The number of aryl methyl sites for hydroxylation is 1. The molecule has 0 aliphatic heterocycles. The number of ether oxygens (including phenoxy) is 1. The van der Waals surface area contributed by atoms with Crippen molar-refractivity contribution in [1.29, 1.82) is 0 Å². The lowest BCUT2D eigenvalue weighted by atomic mass is 10.1. The predicted molar refractivity (Wildman–Crippen MR) is 86.3 cm³/mol. The standard InChI is InChI=1S/C14H18BrClO4S/c1-4-5-9(2)8-20-14(17)11-6-10(3)13(15)12(7-11)21(16,18)19/h6-7,9H,4-5,8H2,1-3H3. The van der Waals surface area contributed by atoms with Crippen LogP contribution in [0.15, 0.2) is 21.5 Å². The second-order valence-electron chi connectivity index (χ2n) is 5.04. The molecular weight excluding hydrogens is 380 g/mol. The van der Waals surface area contributed by atoms with E-state index < -0.39 is 15.0 Å². The van der Waals surface area contributed by atoms with Crippen molar-refractivity contribution in [2.24, 2.45) is 5.92 Å². The zero-order valence-corrected chi connectivity index (χ0v) is 15.3. The van der Waals surface area contributed by atoms with E-state index in [9.17, 15) is 13.2 Å². The van der Waals surface area contributed by atoms with Gasteiger partial charge in [0.05, 0.1) is 17.1 Å². The van der Waals surface area contributed by atoms with E-state index in [1.54, 1.807) is 13.0 Å². The van der Waals surface area contributed by atoms with Crippen molar-refractivity contribution in [1.82, 2.24) is 0 Å². The fraction of sp³-hybridized carbons (Fsp3) is 0.500. The van der Waals surface area contributed by atoms with Crippen LogP contribution in [0.1, 0.15) is 42.6 Å². The molecule has 0 saturated heterocycles. The van der Waals surface area contributed by atoms with Gasteiger partial charge in [-0.1, -0.05) is 20.3 Å². The van der Waals surface area contributed by atoms with Crippen LogP contribution in [0.4, 0.5) is 0 Å². The molecule has 0 aliphatic rings. The van der Waals surface area contributed by atoms with Crippen LogP contribution in [0.25, 0.3) is 0 Å². The highest BCUT2D eigenvalue weighted by Gasteiger charge is 2.20. The van der Waals surface area contributed by atoms with E-state index in [0.717, 1.165) is 12.8 Å². The predicted octanol–water partition coefficient (Wildman–Crippen LogP) is 4.28. The summed E-state index contributed by atoms with van der Waals surface area (Å²) in [5.41, 5.74) is 0.781. The van der Waals surface area contributed by atoms with Crippen LogP contribution in [-0.4, -0.2) is 21.0 Å². The molecule has 118 valence electrons. The van der Waals surface area contributed by atoms with E-state index >= 15 is 0 Å². The van der Waals surface area contributed by atoms with Gasteiger partial charge in [0.2, 0.25) is 0 Å². The lowest BCUT2D eigenvalue weighted by Gasteiger charge is -2.12. The third-order valence-electron chi connectivity index (χ3n) is 3.00. The Labute approximate surface area is 138 Å². The van der Waals surface area contributed by atoms with Gasteiger partial charge in [0, 0.05) is 15.2 Å². The highest BCUT2D eigenvalue weighted by molar-refractivity contribution is 9.10. The zero-order chi connectivity index (χ0) is 16.2. The number of rotatable bonds is 6. The van der Waals surface area contributed by atoms with Gasteiger partial charge in [0.15, 0.2) is 0 Å². The van der Waals surface area contributed by atoms with Crippen molar-refractivity contribution < 1.29 is 17.9 Å². The lowest BCUT2D eigenvalue weighted by Crippen LogP contribution is -2.13. The number of esters is 1. The number of halogens is 2. The first-order valence-corrected chi connectivity index (χ1v) is 9.69. The fourth-order valence-electron chi connectivity index (χ4n) is 1.91. The molecule has 0 aliphatic carbocycles. The van der Waals surface area contributed by atoms with E-state index in [1.807, 2.05) is 6.92 Å². The first-order chi connectivity index (χ1) is 9.66. The number of hydrogen-bond donors (Lipinski definition) is 0. The smallest absolute Gasteiger partial charge is 0.338 e. The van der Waals surface area contributed by atoms with Gasteiger partial charge >= 0.3 is 5.97 Å². The molecule has 0 bridgehead atoms. The molecule has 1 aromatic carbocycles. The Hall–Kier alpha value is -0.590. The SMILES string of the molecule is CCCC(C)COC(=O)c1cc(C)c(Br)c(S(=O)(=O)Cl)c1. The highest BCUT2D eigenvalue weighted by atomic mass is 79.9. The summed E-state index contributed by atoms with van der Waals surface area (Å²) in [6.45, 7) is 6.06. The first-order valence-electron chi connectivity index (χ1n) is 6.58. The van der Waals surface area contributed by atoms with Crippen LogP contribution >= 0.6 is 26.6 Å². The van der Waals surface area contributed by atoms with Crippen molar-refractivity contribution in [3.8, 4) is 0 Å². The second kappa shape index (κ2) is 7.61. The van der Waals surface area contributed by atoms with E-state index in [1.165, 1.54) is 6.07 Å². The summed E-state index contributed by atoms with van der Waals surface area (Å²) in [5, 5.41) is 0. The Balaban J connectivity index is 2.99. The van der Waals surface area contributed by atoms with Gasteiger partial charge < -0.3 is 4.74 Å². The molecule has 7 heteroatoms. The van der Waals surface area contributed by atoms with E-state index in [0.29, 0.717) is 16.6 Å². The summed E-state index contributed by atoms with van der Waals surface area (Å²) in [4.78, 5) is 11.9. The highest BCUT2D eigenvalue weighted by Crippen LogP contribution is 2.30. The van der Waals surface area contributed by atoms with Gasteiger partial charge in [-0.3, -0.25) is 0 Å². The molecule has 21 heavy (non-hydrogen) atoms.